The lowest BCUT2D eigenvalue weighted by atomic mass is 10.1. The molecule has 0 aliphatic carbocycles. The van der Waals surface area contributed by atoms with Gasteiger partial charge in [0.2, 0.25) is 0 Å². The monoisotopic (exact) mass is 390 g/mol. The zero-order valence-corrected chi connectivity index (χ0v) is 16.4. The molecule has 1 aliphatic heterocycles. The van der Waals surface area contributed by atoms with Crippen LogP contribution in [0.4, 0.5) is 4.79 Å². The minimum absolute atomic E-state index is 0.0287. The topological polar surface area (TPSA) is 77.4 Å². The lowest BCUT2D eigenvalue weighted by Gasteiger charge is -2.28. The highest BCUT2D eigenvalue weighted by molar-refractivity contribution is 6.32. The van der Waals surface area contributed by atoms with Gasteiger partial charge in [0.25, 0.3) is 0 Å². The van der Waals surface area contributed by atoms with E-state index in [1.165, 1.54) is 6.33 Å². The molecule has 1 saturated heterocycles. The van der Waals surface area contributed by atoms with Crippen molar-refractivity contribution < 1.29 is 14.3 Å². The molecular formula is C19H23ClN4O3. The standard InChI is InChI=1S/C19H23ClN4O3/c1-19(2,3)27-18(25)24-6-4-5-14(24)11-26-15-7-16(17(20)23-10-15)13-8-21-12-22-9-13/h7-10,12,14H,4-6,11H2,1-3H3/t14-/m0/s1. The third-order valence-corrected chi connectivity index (χ3v) is 4.43. The molecule has 2 aromatic rings. The largest absolute Gasteiger partial charge is 0.490 e. The molecular weight excluding hydrogens is 368 g/mol. The average molecular weight is 391 g/mol. The molecule has 27 heavy (non-hydrogen) atoms. The molecule has 3 heterocycles. The number of carbonyl (C=O) groups is 1. The van der Waals surface area contributed by atoms with E-state index in [0.717, 1.165) is 18.4 Å². The minimum Gasteiger partial charge on any atom is -0.490 e. The van der Waals surface area contributed by atoms with Crippen molar-refractivity contribution in [2.24, 2.45) is 0 Å². The Labute approximate surface area is 163 Å². The van der Waals surface area contributed by atoms with Gasteiger partial charge in [-0.2, -0.15) is 0 Å². The number of pyridine rings is 1. The van der Waals surface area contributed by atoms with Gasteiger partial charge >= 0.3 is 6.09 Å². The van der Waals surface area contributed by atoms with Crippen LogP contribution in [-0.2, 0) is 4.74 Å². The van der Waals surface area contributed by atoms with E-state index in [9.17, 15) is 4.79 Å². The Bertz CT molecular complexity index is 795. The van der Waals surface area contributed by atoms with Crippen LogP contribution < -0.4 is 4.74 Å². The second-order valence-corrected chi connectivity index (χ2v) is 7.78. The summed E-state index contributed by atoms with van der Waals surface area (Å²) < 4.78 is 11.4. The van der Waals surface area contributed by atoms with Crippen LogP contribution >= 0.6 is 11.6 Å². The van der Waals surface area contributed by atoms with Gasteiger partial charge in [-0.05, 0) is 39.7 Å². The van der Waals surface area contributed by atoms with E-state index in [1.54, 1.807) is 29.6 Å². The van der Waals surface area contributed by atoms with Crippen LogP contribution in [0.2, 0.25) is 5.15 Å². The Morgan fingerprint density at radius 2 is 2.04 bits per heavy atom. The summed E-state index contributed by atoms with van der Waals surface area (Å²) in [6, 6.07) is 1.78. The van der Waals surface area contributed by atoms with Crippen LogP contribution in [0.25, 0.3) is 11.1 Å². The average Bonchev–Trinajstić information content (AvgIpc) is 3.09. The molecule has 0 bridgehead atoms. The smallest absolute Gasteiger partial charge is 0.410 e. The van der Waals surface area contributed by atoms with Crippen LogP contribution in [-0.4, -0.2) is 50.7 Å². The van der Waals surface area contributed by atoms with Gasteiger partial charge in [0, 0.05) is 30.1 Å². The first-order valence-corrected chi connectivity index (χ1v) is 9.24. The van der Waals surface area contributed by atoms with Crippen molar-refractivity contribution >= 4 is 17.7 Å². The maximum absolute atomic E-state index is 12.4. The molecule has 1 amide bonds. The van der Waals surface area contributed by atoms with E-state index >= 15 is 0 Å². The number of carbonyl (C=O) groups excluding carboxylic acids is 1. The van der Waals surface area contributed by atoms with Crippen molar-refractivity contribution in [3.05, 3.63) is 36.1 Å². The highest BCUT2D eigenvalue weighted by Gasteiger charge is 2.32. The molecule has 2 aromatic heterocycles. The second-order valence-electron chi connectivity index (χ2n) is 7.42. The molecule has 1 fully saturated rings. The summed E-state index contributed by atoms with van der Waals surface area (Å²) in [6.45, 7) is 6.63. The molecule has 0 saturated carbocycles. The van der Waals surface area contributed by atoms with Gasteiger partial charge < -0.3 is 14.4 Å². The SMILES string of the molecule is CC(C)(C)OC(=O)N1CCC[C@H]1COc1cnc(Cl)c(-c2cncnc2)c1. The zero-order chi connectivity index (χ0) is 19.4. The third-order valence-electron chi connectivity index (χ3n) is 4.13. The minimum atomic E-state index is -0.516. The molecule has 0 spiro atoms. The number of hydrogen-bond donors (Lipinski definition) is 0. The maximum Gasteiger partial charge on any atom is 0.410 e. The third kappa shape index (κ3) is 5.07. The van der Waals surface area contributed by atoms with E-state index < -0.39 is 5.60 Å². The van der Waals surface area contributed by atoms with E-state index in [2.05, 4.69) is 15.0 Å². The van der Waals surface area contributed by atoms with Crippen molar-refractivity contribution in [2.45, 2.75) is 45.3 Å². The van der Waals surface area contributed by atoms with Crippen LogP contribution in [0.3, 0.4) is 0 Å². The number of ether oxygens (including phenoxy) is 2. The lowest BCUT2D eigenvalue weighted by molar-refractivity contribution is 0.0187. The van der Waals surface area contributed by atoms with E-state index in [4.69, 9.17) is 21.1 Å². The van der Waals surface area contributed by atoms with Gasteiger partial charge in [-0.15, -0.1) is 0 Å². The number of aromatic nitrogens is 3. The molecule has 0 radical (unpaired) electrons. The Hall–Kier alpha value is -2.41. The molecule has 1 atom stereocenters. The van der Waals surface area contributed by atoms with Gasteiger partial charge in [0.05, 0.1) is 12.2 Å². The molecule has 8 heteroatoms. The van der Waals surface area contributed by atoms with Gasteiger partial charge in [0.15, 0.2) is 0 Å². The number of amides is 1. The summed E-state index contributed by atoms with van der Waals surface area (Å²) in [6.07, 6.45) is 7.86. The number of nitrogens with zero attached hydrogens (tertiary/aromatic N) is 4. The van der Waals surface area contributed by atoms with Crippen LogP contribution in [0.1, 0.15) is 33.6 Å². The summed E-state index contributed by atoms with van der Waals surface area (Å²) in [5, 5.41) is 0.355. The van der Waals surface area contributed by atoms with E-state index in [-0.39, 0.29) is 12.1 Å². The molecule has 7 nitrogen and oxygen atoms in total. The zero-order valence-electron chi connectivity index (χ0n) is 15.7. The fraction of sp³-hybridized carbons (Fsp3) is 0.474. The predicted octanol–water partition coefficient (Wildman–Crippen LogP) is 3.97. The molecule has 0 unspecified atom stereocenters. The maximum atomic E-state index is 12.4. The first-order valence-electron chi connectivity index (χ1n) is 8.87. The van der Waals surface area contributed by atoms with Crippen molar-refractivity contribution in [2.75, 3.05) is 13.2 Å². The summed E-state index contributed by atoms with van der Waals surface area (Å²) in [5.74, 6) is 0.578. The van der Waals surface area contributed by atoms with Gasteiger partial charge in [0.1, 0.15) is 29.4 Å². The molecule has 1 aliphatic rings. The van der Waals surface area contributed by atoms with Crippen LogP contribution in [0.5, 0.6) is 5.75 Å². The number of halogens is 1. The number of rotatable bonds is 4. The highest BCUT2D eigenvalue weighted by atomic mass is 35.5. The Kier molecular flexibility index (Phi) is 5.79. The molecule has 0 N–H and O–H groups in total. The van der Waals surface area contributed by atoms with Gasteiger partial charge in [-0.25, -0.2) is 19.7 Å². The fourth-order valence-corrected chi connectivity index (χ4v) is 3.12. The summed E-state index contributed by atoms with van der Waals surface area (Å²) in [5.41, 5.74) is 0.944. The second kappa shape index (κ2) is 8.08. The lowest BCUT2D eigenvalue weighted by Crippen LogP contribution is -2.42. The van der Waals surface area contributed by atoms with Crippen LogP contribution in [0, 0.1) is 0 Å². The molecule has 3 rings (SSSR count). The summed E-state index contributed by atoms with van der Waals surface area (Å²) >= 11 is 6.19. The summed E-state index contributed by atoms with van der Waals surface area (Å²) in [4.78, 5) is 26.3. The van der Waals surface area contributed by atoms with Crippen LogP contribution in [0.15, 0.2) is 31.0 Å². The first-order chi connectivity index (χ1) is 12.8. The van der Waals surface area contributed by atoms with Crippen molar-refractivity contribution in [3.8, 4) is 16.9 Å². The number of hydrogen-bond acceptors (Lipinski definition) is 6. The summed E-state index contributed by atoms with van der Waals surface area (Å²) in [7, 11) is 0. The number of likely N-dealkylation sites (tertiary alicyclic amines) is 1. The highest BCUT2D eigenvalue weighted by Crippen LogP contribution is 2.29. The predicted molar refractivity (Wildman–Crippen MR) is 102 cm³/mol. The Morgan fingerprint density at radius 3 is 2.74 bits per heavy atom. The van der Waals surface area contributed by atoms with E-state index in [0.29, 0.717) is 29.6 Å². The van der Waals surface area contributed by atoms with Crippen molar-refractivity contribution in [3.63, 3.8) is 0 Å². The van der Waals surface area contributed by atoms with Gasteiger partial charge in [-0.1, -0.05) is 11.6 Å². The van der Waals surface area contributed by atoms with Crippen molar-refractivity contribution in [1.29, 1.82) is 0 Å². The molecule has 144 valence electrons. The molecule has 0 aromatic carbocycles. The van der Waals surface area contributed by atoms with Gasteiger partial charge in [-0.3, -0.25) is 0 Å². The fourth-order valence-electron chi connectivity index (χ4n) is 2.91. The Morgan fingerprint density at radius 1 is 1.30 bits per heavy atom. The Balaban J connectivity index is 1.67. The normalized spacial score (nSPS) is 17.0. The van der Waals surface area contributed by atoms with Crippen molar-refractivity contribution in [1.82, 2.24) is 19.9 Å². The quantitative estimate of drug-likeness (QED) is 0.735. The first kappa shape index (κ1) is 19.4. The van der Waals surface area contributed by atoms with E-state index in [1.807, 2.05) is 20.8 Å².